The third kappa shape index (κ3) is 3.34. The quantitative estimate of drug-likeness (QED) is 0.472. The largest absolute Gasteiger partial charge is 0.401 e. The van der Waals surface area contributed by atoms with Gasteiger partial charge < -0.3 is 11.1 Å². The van der Waals surface area contributed by atoms with Crippen molar-refractivity contribution in [1.29, 1.82) is 0 Å². The topological polar surface area (TPSA) is 38.0 Å². The molecule has 36 valence electrons. The van der Waals surface area contributed by atoms with Gasteiger partial charge in [-0.2, -0.15) is 0 Å². The molecule has 0 aliphatic heterocycles. The molecule has 0 saturated heterocycles. The molecule has 6 heavy (non-hydrogen) atoms. The molecule has 0 amide bonds. The number of nitrogens with one attached hydrogen (secondary N) is 1. The van der Waals surface area contributed by atoms with E-state index in [2.05, 4.69) is 5.32 Å². The molecule has 0 bridgehead atoms. The number of rotatable bonds is 1. The van der Waals surface area contributed by atoms with Crippen molar-refractivity contribution >= 4 is 0 Å². The van der Waals surface area contributed by atoms with Crippen molar-refractivity contribution in [3.05, 3.63) is 11.9 Å². The Hall–Kier alpha value is -0.660. The van der Waals surface area contributed by atoms with E-state index in [4.69, 9.17) is 5.73 Å². The summed E-state index contributed by atoms with van der Waals surface area (Å²) in [5, 5.41) is 2.78. The van der Waals surface area contributed by atoms with Crippen LogP contribution in [0.4, 0.5) is 0 Å². The maximum atomic E-state index is 5.20. The van der Waals surface area contributed by atoms with Crippen LogP contribution in [0.1, 0.15) is 6.92 Å². The lowest BCUT2D eigenvalue weighted by atomic mass is 10.6. The molecule has 0 aromatic carbocycles. The smallest absolute Gasteiger partial charge is 0.0208 e. The van der Waals surface area contributed by atoms with Gasteiger partial charge in [-0.1, -0.05) is 0 Å². The molecule has 0 heterocycles. The summed E-state index contributed by atoms with van der Waals surface area (Å²) in [5.74, 6) is 0. The fourth-order valence-electron chi connectivity index (χ4n) is 0.228. The second-order valence-corrected chi connectivity index (χ2v) is 1.18. The maximum absolute atomic E-state index is 5.20. The van der Waals surface area contributed by atoms with E-state index in [0.717, 1.165) is 5.70 Å². The van der Waals surface area contributed by atoms with E-state index < -0.39 is 0 Å². The fourth-order valence-corrected chi connectivity index (χ4v) is 0.228. The molecule has 3 N–H and O–H groups in total. The monoisotopic (exact) mass is 86.1 g/mol. The summed E-state index contributed by atoms with van der Waals surface area (Å²) in [6.07, 6.45) is 1.74. The summed E-state index contributed by atoms with van der Waals surface area (Å²) < 4.78 is 0. The Labute approximate surface area is 38.0 Å². The van der Waals surface area contributed by atoms with E-state index >= 15 is 0 Å². The minimum atomic E-state index is 0.803. The van der Waals surface area contributed by atoms with Crippen LogP contribution in [0.5, 0.6) is 0 Å². The van der Waals surface area contributed by atoms with Crippen LogP contribution in [0, 0.1) is 0 Å². The zero-order valence-corrected chi connectivity index (χ0v) is 4.15. The highest BCUT2D eigenvalue weighted by Gasteiger charge is 1.65. The van der Waals surface area contributed by atoms with Gasteiger partial charge in [0.1, 0.15) is 0 Å². The molecule has 0 aromatic rings. The van der Waals surface area contributed by atoms with Crippen molar-refractivity contribution in [1.82, 2.24) is 5.32 Å². The third-order valence-electron chi connectivity index (χ3n) is 0.372. The molecule has 0 unspecified atom stereocenters. The van der Waals surface area contributed by atoms with Crippen LogP contribution in [0.2, 0.25) is 0 Å². The van der Waals surface area contributed by atoms with Gasteiger partial charge in [0.05, 0.1) is 0 Å². The van der Waals surface area contributed by atoms with E-state index in [0.29, 0.717) is 0 Å². The Bertz CT molecular complexity index is 52.6. The average molecular weight is 86.1 g/mol. The van der Waals surface area contributed by atoms with Crippen molar-refractivity contribution in [2.45, 2.75) is 6.92 Å². The van der Waals surface area contributed by atoms with Crippen molar-refractivity contribution in [3.63, 3.8) is 0 Å². The molecule has 2 nitrogen and oxygen atoms in total. The molecule has 0 aliphatic carbocycles. The molecule has 0 fully saturated rings. The first-order valence-electron chi connectivity index (χ1n) is 1.87. The van der Waals surface area contributed by atoms with E-state index in [1.807, 2.05) is 14.0 Å². The molecular formula is C4H10N2. The van der Waals surface area contributed by atoms with Gasteiger partial charge in [0.25, 0.3) is 0 Å². The summed E-state index contributed by atoms with van der Waals surface area (Å²) in [6.45, 7) is 1.83. The fraction of sp³-hybridized carbons (Fsp3) is 0.500. The van der Waals surface area contributed by atoms with Gasteiger partial charge >= 0.3 is 0 Å². The van der Waals surface area contributed by atoms with E-state index in [-0.39, 0.29) is 0 Å². The zero-order valence-electron chi connectivity index (χ0n) is 4.15. The molecule has 0 saturated carbocycles. The van der Waals surface area contributed by atoms with Crippen LogP contribution in [-0.2, 0) is 0 Å². The van der Waals surface area contributed by atoms with Crippen LogP contribution in [0.15, 0.2) is 11.9 Å². The van der Waals surface area contributed by atoms with E-state index in [1.165, 1.54) is 0 Å². The Morgan fingerprint density at radius 3 is 2.33 bits per heavy atom. The van der Waals surface area contributed by atoms with Gasteiger partial charge in [0.15, 0.2) is 0 Å². The predicted octanol–water partition coefficient (Wildman–Crippen LogP) is 0.0258. The van der Waals surface area contributed by atoms with Crippen LogP contribution >= 0.6 is 0 Å². The molecular weight excluding hydrogens is 76.1 g/mol. The first kappa shape index (κ1) is 5.34. The SMILES string of the molecule is CN/C=C(/C)N. The van der Waals surface area contributed by atoms with Crippen molar-refractivity contribution in [3.8, 4) is 0 Å². The summed E-state index contributed by atoms with van der Waals surface area (Å²) in [5.41, 5.74) is 6.00. The summed E-state index contributed by atoms with van der Waals surface area (Å²) >= 11 is 0. The molecule has 0 spiro atoms. The molecule has 0 radical (unpaired) electrons. The van der Waals surface area contributed by atoms with E-state index in [9.17, 15) is 0 Å². The van der Waals surface area contributed by atoms with Gasteiger partial charge in [0.2, 0.25) is 0 Å². The minimum Gasteiger partial charge on any atom is -0.401 e. The molecule has 0 atom stereocenters. The lowest BCUT2D eigenvalue weighted by Crippen LogP contribution is -1.99. The zero-order chi connectivity index (χ0) is 4.99. The third-order valence-corrected chi connectivity index (χ3v) is 0.372. The van der Waals surface area contributed by atoms with Crippen molar-refractivity contribution < 1.29 is 0 Å². The highest BCUT2D eigenvalue weighted by molar-refractivity contribution is 4.87. The minimum absolute atomic E-state index is 0.803. The van der Waals surface area contributed by atoms with Crippen LogP contribution in [0.25, 0.3) is 0 Å². The average Bonchev–Trinajstić information content (AvgIpc) is 1.35. The van der Waals surface area contributed by atoms with Gasteiger partial charge in [0, 0.05) is 18.9 Å². The van der Waals surface area contributed by atoms with Crippen molar-refractivity contribution in [2.75, 3.05) is 7.05 Å². The first-order chi connectivity index (χ1) is 2.77. The summed E-state index contributed by atoms with van der Waals surface area (Å²) in [4.78, 5) is 0. The summed E-state index contributed by atoms with van der Waals surface area (Å²) in [6, 6.07) is 0. The van der Waals surface area contributed by atoms with Crippen LogP contribution < -0.4 is 11.1 Å². The molecule has 0 rings (SSSR count). The highest BCUT2D eigenvalue weighted by atomic mass is 14.8. The first-order valence-corrected chi connectivity index (χ1v) is 1.87. The number of hydrogen-bond acceptors (Lipinski definition) is 2. The second kappa shape index (κ2) is 2.57. The summed E-state index contributed by atoms with van der Waals surface area (Å²) in [7, 11) is 1.82. The number of hydrogen-bond donors (Lipinski definition) is 2. The van der Waals surface area contributed by atoms with E-state index in [1.54, 1.807) is 6.20 Å². The lowest BCUT2D eigenvalue weighted by Gasteiger charge is -1.85. The normalized spacial score (nSPS) is 11.3. The Balaban J connectivity index is 3.14. The molecule has 0 aliphatic rings. The highest BCUT2D eigenvalue weighted by Crippen LogP contribution is 1.68. The number of nitrogens with two attached hydrogens (primary N) is 1. The predicted molar refractivity (Wildman–Crippen MR) is 27.0 cm³/mol. The molecule has 0 aromatic heterocycles. The van der Waals surface area contributed by atoms with Crippen molar-refractivity contribution in [2.24, 2.45) is 5.73 Å². The van der Waals surface area contributed by atoms with Crippen LogP contribution in [-0.4, -0.2) is 7.05 Å². The maximum Gasteiger partial charge on any atom is 0.0208 e. The standard InChI is InChI=1S/C4H10N2/c1-4(5)3-6-2/h3,6H,5H2,1-2H3/b4-3-. The Kier molecular flexibility index (Phi) is 2.29. The number of allylic oxidation sites excluding steroid dienone is 1. The van der Waals surface area contributed by atoms with Gasteiger partial charge in [-0.3, -0.25) is 0 Å². The van der Waals surface area contributed by atoms with Crippen LogP contribution in [0.3, 0.4) is 0 Å². The lowest BCUT2D eigenvalue weighted by molar-refractivity contribution is 1.06. The Morgan fingerprint density at radius 2 is 2.33 bits per heavy atom. The molecule has 2 heteroatoms. The van der Waals surface area contributed by atoms with Gasteiger partial charge in [-0.25, -0.2) is 0 Å². The second-order valence-electron chi connectivity index (χ2n) is 1.18. The van der Waals surface area contributed by atoms with Gasteiger partial charge in [-0.05, 0) is 6.92 Å². The van der Waals surface area contributed by atoms with Gasteiger partial charge in [-0.15, -0.1) is 0 Å². The Morgan fingerprint density at radius 1 is 1.83 bits per heavy atom.